The van der Waals surface area contributed by atoms with Crippen LogP contribution in [0.4, 0.5) is 10.1 Å². The minimum absolute atomic E-state index is 0.0143. The van der Waals surface area contributed by atoms with Crippen molar-refractivity contribution in [3.63, 3.8) is 0 Å². The quantitative estimate of drug-likeness (QED) is 0.734. The van der Waals surface area contributed by atoms with Gasteiger partial charge in [-0.2, -0.15) is 0 Å². The van der Waals surface area contributed by atoms with Crippen LogP contribution >= 0.6 is 0 Å². The molecule has 0 spiro atoms. The third kappa shape index (κ3) is 3.01. The monoisotopic (exact) mass is 333 g/mol. The minimum Gasteiger partial charge on any atom is -0.306 e. The zero-order valence-electron chi connectivity index (χ0n) is 13.7. The molecule has 4 nitrogen and oxygen atoms in total. The standard InChI is InChI=1S/C20H16FN3O/c1-13-5-14(10-22-9-13)12-24-19-7-16(11-23-18(19)8-20(24)25)15-3-2-4-17(21)6-15/h2-7,9-11H,8,12H2,1H3. The number of amides is 1. The number of carbonyl (C=O) groups excluding carboxylic acids is 1. The maximum atomic E-state index is 13.5. The number of halogens is 1. The zero-order valence-corrected chi connectivity index (χ0v) is 13.7. The number of nitrogens with zero attached hydrogens (tertiary/aromatic N) is 3. The Hall–Kier alpha value is -3.08. The molecule has 1 aliphatic heterocycles. The average molecular weight is 333 g/mol. The Bertz CT molecular complexity index is 971. The number of pyridine rings is 2. The Labute approximate surface area is 145 Å². The number of rotatable bonds is 3. The number of carbonyl (C=O) groups is 1. The summed E-state index contributed by atoms with van der Waals surface area (Å²) in [5, 5.41) is 0. The average Bonchev–Trinajstić information content (AvgIpc) is 2.90. The van der Waals surface area contributed by atoms with Crippen LogP contribution in [0.3, 0.4) is 0 Å². The molecular weight excluding hydrogens is 317 g/mol. The molecule has 0 saturated heterocycles. The fraction of sp³-hybridized carbons (Fsp3) is 0.150. The van der Waals surface area contributed by atoms with E-state index in [0.717, 1.165) is 33.6 Å². The number of fused-ring (bicyclic) bond motifs is 1. The van der Waals surface area contributed by atoms with Crippen molar-refractivity contribution >= 4 is 11.6 Å². The second kappa shape index (κ2) is 6.09. The van der Waals surface area contributed by atoms with Crippen molar-refractivity contribution in [3.8, 4) is 11.1 Å². The van der Waals surface area contributed by atoms with Gasteiger partial charge in [0, 0.05) is 24.2 Å². The van der Waals surface area contributed by atoms with Crippen LogP contribution in [0.2, 0.25) is 0 Å². The molecule has 25 heavy (non-hydrogen) atoms. The lowest BCUT2D eigenvalue weighted by atomic mass is 10.1. The van der Waals surface area contributed by atoms with E-state index >= 15 is 0 Å². The van der Waals surface area contributed by atoms with E-state index in [1.54, 1.807) is 29.6 Å². The van der Waals surface area contributed by atoms with Crippen molar-refractivity contribution < 1.29 is 9.18 Å². The van der Waals surface area contributed by atoms with Crippen molar-refractivity contribution in [1.29, 1.82) is 0 Å². The Morgan fingerprint density at radius 3 is 2.80 bits per heavy atom. The van der Waals surface area contributed by atoms with Gasteiger partial charge >= 0.3 is 0 Å². The molecule has 0 N–H and O–H groups in total. The molecule has 3 aromatic rings. The summed E-state index contributed by atoms with van der Waals surface area (Å²) in [6, 6.07) is 10.3. The smallest absolute Gasteiger partial charge is 0.233 e. The Kier molecular flexibility index (Phi) is 3.76. The Morgan fingerprint density at radius 1 is 1.12 bits per heavy atom. The predicted molar refractivity (Wildman–Crippen MR) is 93.5 cm³/mol. The molecule has 1 amide bonds. The second-order valence-electron chi connectivity index (χ2n) is 6.23. The lowest BCUT2D eigenvalue weighted by Gasteiger charge is -2.18. The van der Waals surface area contributed by atoms with E-state index in [9.17, 15) is 9.18 Å². The summed E-state index contributed by atoms with van der Waals surface area (Å²) >= 11 is 0. The van der Waals surface area contributed by atoms with Crippen LogP contribution in [0, 0.1) is 12.7 Å². The van der Waals surface area contributed by atoms with Gasteiger partial charge in [0.05, 0.1) is 24.3 Å². The van der Waals surface area contributed by atoms with Crippen molar-refractivity contribution in [3.05, 3.63) is 77.6 Å². The van der Waals surface area contributed by atoms with Gasteiger partial charge in [-0.1, -0.05) is 18.2 Å². The number of benzene rings is 1. The van der Waals surface area contributed by atoms with Crippen LogP contribution in [0.1, 0.15) is 16.8 Å². The van der Waals surface area contributed by atoms with Crippen molar-refractivity contribution in [2.75, 3.05) is 4.90 Å². The molecule has 0 unspecified atom stereocenters. The van der Waals surface area contributed by atoms with Gasteiger partial charge in [-0.25, -0.2) is 4.39 Å². The highest BCUT2D eigenvalue weighted by Gasteiger charge is 2.29. The third-order valence-corrected chi connectivity index (χ3v) is 4.29. The number of aromatic nitrogens is 2. The van der Waals surface area contributed by atoms with Gasteiger partial charge in [-0.05, 0) is 41.8 Å². The summed E-state index contributed by atoms with van der Waals surface area (Å²) in [5.41, 5.74) is 5.10. The fourth-order valence-corrected chi connectivity index (χ4v) is 3.11. The van der Waals surface area contributed by atoms with Crippen molar-refractivity contribution in [1.82, 2.24) is 9.97 Å². The maximum Gasteiger partial charge on any atom is 0.233 e. The predicted octanol–water partition coefficient (Wildman–Crippen LogP) is 3.68. The molecule has 0 saturated carbocycles. The lowest BCUT2D eigenvalue weighted by Crippen LogP contribution is -2.26. The van der Waals surface area contributed by atoms with Gasteiger partial charge in [0.1, 0.15) is 5.82 Å². The van der Waals surface area contributed by atoms with Gasteiger partial charge < -0.3 is 4.90 Å². The topological polar surface area (TPSA) is 46.1 Å². The summed E-state index contributed by atoms with van der Waals surface area (Å²) in [6.07, 6.45) is 5.53. The highest BCUT2D eigenvalue weighted by molar-refractivity contribution is 6.01. The van der Waals surface area contributed by atoms with Gasteiger partial charge in [-0.15, -0.1) is 0 Å². The molecule has 124 valence electrons. The fourth-order valence-electron chi connectivity index (χ4n) is 3.11. The minimum atomic E-state index is -0.295. The number of hydrogen-bond donors (Lipinski definition) is 0. The van der Waals surface area contributed by atoms with E-state index in [1.165, 1.54) is 12.1 Å². The Balaban J connectivity index is 1.71. The van der Waals surface area contributed by atoms with E-state index in [-0.39, 0.29) is 18.1 Å². The van der Waals surface area contributed by atoms with Crippen LogP contribution in [-0.4, -0.2) is 15.9 Å². The normalized spacial score (nSPS) is 13.2. The van der Waals surface area contributed by atoms with Gasteiger partial charge in [-0.3, -0.25) is 14.8 Å². The molecule has 0 bridgehead atoms. The molecule has 0 radical (unpaired) electrons. The van der Waals surface area contributed by atoms with Crippen LogP contribution < -0.4 is 4.90 Å². The van der Waals surface area contributed by atoms with Crippen LogP contribution in [0.25, 0.3) is 11.1 Å². The molecule has 2 aromatic heterocycles. The van der Waals surface area contributed by atoms with E-state index in [4.69, 9.17) is 0 Å². The SMILES string of the molecule is Cc1cncc(CN2C(=O)Cc3ncc(-c4cccc(F)c4)cc32)c1. The van der Waals surface area contributed by atoms with Gasteiger partial charge in [0.25, 0.3) is 0 Å². The summed E-state index contributed by atoms with van der Waals surface area (Å²) in [5.74, 6) is -0.280. The third-order valence-electron chi connectivity index (χ3n) is 4.29. The molecule has 0 fully saturated rings. The van der Waals surface area contributed by atoms with Crippen LogP contribution in [-0.2, 0) is 17.8 Å². The number of hydrogen-bond acceptors (Lipinski definition) is 3. The summed E-state index contributed by atoms with van der Waals surface area (Å²) in [7, 11) is 0. The molecular formula is C20H16FN3O. The first-order valence-electron chi connectivity index (χ1n) is 8.06. The summed E-state index contributed by atoms with van der Waals surface area (Å²) in [6.45, 7) is 2.43. The highest BCUT2D eigenvalue weighted by atomic mass is 19.1. The van der Waals surface area contributed by atoms with Crippen molar-refractivity contribution in [2.45, 2.75) is 19.9 Å². The highest BCUT2D eigenvalue weighted by Crippen LogP contribution is 2.33. The van der Waals surface area contributed by atoms with Crippen LogP contribution in [0.5, 0.6) is 0 Å². The van der Waals surface area contributed by atoms with Gasteiger partial charge in [0.2, 0.25) is 5.91 Å². The largest absolute Gasteiger partial charge is 0.306 e. The second-order valence-corrected chi connectivity index (χ2v) is 6.23. The Morgan fingerprint density at radius 2 is 2.00 bits per heavy atom. The van der Waals surface area contributed by atoms with Gasteiger partial charge in [0.15, 0.2) is 0 Å². The maximum absolute atomic E-state index is 13.5. The molecule has 3 heterocycles. The van der Waals surface area contributed by atoms with E-state index < -0.39 is 0 Å². The summed E-state index contributed by atoms with van der Waals surface area (Å²) in [4.78, 5) is 22.8. The lowest BCUT2D eigenvalue weighted by molar-refractivity contribution is -0.117. The van der Waals surface area contributed by atoms with E-state index in [2.05, 4.69) is 9.97 Å². The van der Waals surface area contributed by atoms with Crippen LogP contribution in [0.15, 0.2) is 55.0 Å². The first kappa shape index (κ1) is 15.4. The first-order chi connectivity index (χ1) is 12.1. The number of aryl methyl sites for hydroxylation is 1. The van der Waals surface area contributed by atoms with E-state index in [1.807, 2.05) is 25.1 Å². The zero-order chi connectivity index (χ0) is 17.4. The first-order valence-corrected chi connectivity index (χ1v) is 8.06. The van der Waals surface area contributed by atoms with E-state index in [0.29, 0.717) is 6.54 Å². The molecule has 1 aliphatic rings. The molecule has 4 rings (SSSR count). The molecule has 0 aliphatic carbocycles. The summed E-state index contributed by atoms with van der Waals surface area (Å²) < 4.78 is 13.5. The molecule has 1 aromatic carbocycles. The van der Waals surface area contributed by atoms with Crippen molar-refractivity contribution in [2.24, 2.45) is 0 Å². The molecule has 5 heteroatoms. The molecule has 0 atom stereocenters. The number of anilines is 1.